The smallest absolute Gasteiger partial charge is 0.326 e. The van der Waals surface area contributed by atoms with Crippen LogP contribution in [0.2, 0.25) is 0 Å². The molecule has 1 heterocycles. The van der Waals surface area contributed by atoms with Crippen molar-refractivity contribution in [3.8, 4) is 0 Å². The zero-order valence-electron chi connectivity index (χ0n) is 11.3. The standard InChI is InChI=1S/C12H16N2O6/c1-5(2)10-9(6(3)14-20-10)11(17)13-7(12(18)19)4-8(15)16/h5,7H,4H2,1-3H3,(H,13,17)(H,15,16)(H,18,19)/t7-/m0/s1. The molecule has 0 unspecified atom stereocenters. The number of carbonyl (C=O) groups excluding carboxylic acids is 1. The van der Waals surface area contributed by atoms with Crippen molar-refractivity contribution in [3.63, 3.8) is 0 Å². The van der Waals surface area contributed by atoms with Crippen LogP contribution in [0.5, 0.6) is 0 Å². The van der Waals surface area contributed by atoms with Crippen LogP contribution in [0.15, 0.2) is 4.52 Å². The molecular formula is C12H16N2O6. The molecule has 0 aliphatic heterocycles. The Balaban J connectivity index is 2.97. The zero-order chi connectivity index (χ0) is 15.4. The fourth-order valence-corrected chi connectivity index (χ4v) is 1.66. The summed E-state index contributed by atoms with van der Waals surface area (Å²) < 4.78 is 5.03. The maximum Gasteiger partial charge on any atom is 0.326 e. The number of carboxylic acid groups (broad SMARTS) is 2. The highest BCUT2D eigenvalue weighted by atomic mass is 16.5. The molecule has 0 spiro atoms. The van der Waals surface area contributed by atoms with Gasteiger partial charge in [0.15, 0.2) is 5.76 Å². The third kappa shape index (κ3) is 3.56. The second-order valence-corrected chi connectivity index (χ2v) is 4.62. The van der Waals surface area contributed by atoms with E-state index in [1.165, 1.54) is 0 Å². The molecule has 1 aromatic heterocycles. The fourth-order valence-electron chi connectivity index (χ4n) is 1.66. The van der Waals surface area contributed by atoms with E-state index in [1.54, 1.807) is 20.8 Å². The van der Waals surface area contributed by atoms with E-state index in [-0.39, 0.29) is 11.5 Å². The summed E-state index contributed by atoms with van der Waals surface area (Å²) in [5.74, 6) is -3.22. The first kappa shape index (κ1) is 15.7. The molecule has 0 saturated carbocycles. The molecule has 0 aliphatic rings. The third-order valence-corrected chi connectivity index (χ3v) is 2.62. The van der Waals surface area contributed by atoms with Gasteiger partial charge in [-0.1, -0.05) is 19.0 Å². The summed E-state index contributed by atoms with van der Waals surface area (Å²) in [5.41, 5.74) is 0.474. The summed E-state index contributed by atoms with van der Waals surface area (Å²) in [6, 6.07) is -1.51. The van der Waals surface area contributed by atoms with Crippen LogP contribution in [0.1, 0.15) is 48.0 Å². The Morgan fingerprint density at radius 2 is 1.90 bits per heavy atom. The average molecular weight is 284 g/mol. The quantitative estimate of drug-likeness (QED) is 0.703. The monoisotopic (exact) mass is 284 g/mol. The van der Waals surface area contributed by atoms with Gasteiger partial charge in [0.1, 0.15) is 11.6 Å². The van der Waals surface area contributed by atoms with Crippen molar-refractivity contribution in [2.24, 2.45) is 0 Å². The highest BCUT2D eigenvalue weighted by Gasteiger charge is 2.28. The Bertz CT molecular complexity index is 534. The first-order valence-electron chi connectivity index (χ1n) is 5.95. The molecular weight excluding hydrogens is 268 g/mol. The van der Waals surface area contributed by atoms with Crippen molar-refractivity contribution in [2.45, 2.75) is 39.2 Å². The average Bonchev–Trinajstić information content (AvgIpc) is 2.69. The molecule has 0 fully saturated rings. The zero-order valence-corrected chi connectivity index (χ0v) is 11.3. The fraction of sp³-hybridized carbons (Fsp3) is 0.500. The normalized spacial score (nSPS) is 12.2. The summed E-state index contributed by atoms with van der Waals surface area (Å²) in [6.45, 7) is 5.14. The van der Waals surface area contributed by atoms with Crippen LogP contribution >= 0.6 is 0 Å². The van der Waals surface area contributed by atoms with Gasteiger partial charge in [-0.3, -0.25) is 9.59 Å². The van der Waals surface area contributed by atoms with E-state index in [0.717, 1.165) is 0 Å². The van der Waals surface area contributed by atoms with Crippen LogP contribution in [-0.4, -0.2) is 39.3 Å². The summed E-state index contributed by atoms with van der Waals surface area (Å²) in [6.07, 6.45) is -0.706. The maximum absolute atomic E-state index is 12.1. The molecule has 3 N–H and O–H groups in total. The van der Waals surface area contributed by atoms with Gasteiger partial charge < -0.3 is 20.1 Å². The van der Waals surface area contributed by atoms with Gasteiger partial charge in [-0.25, -0.2) is 4.79 Å². The predicted octanol–water partition coefficient (Wildman–Crippen LogP) is 0.764. The summed E-state index contributed by atoms with van der Waals surface area (Å²) in [7, 11) is 0. The number of amides is 1. The van der Waals surface area contributed by atoms with E-state index in [2.05, 4.69) is 10.5 Å². The van der Waals surface area contributed by atoms with Crippen molar-refractivity contribution < 1.29 is 29.1 Å². The number of carboxylic acids is 2. The first-order chi connectivity index (χ1) is 9.23. The third-order valence-electron chi connectivity index (χ3n) is 2.62. The second kappa shape index (κ2) is 6.18. The lowest BCUT2D eigenvalue weighted by atomic mass is 10.0. The number of aliphatic carboxylic acids is 2. The van der Waals surface area contributed by atoms with Crippen LogP contribution in [0.25, 0.3) is 0 Å². The van der Waals surface area contributed by atoms with Crippen molar-refractivity contribution in [1.29, 1.82) is 0 Å². The Labute approximate surface area is 114 Å². The van der Waals surface area contributed by atoms with Gasteiger partial charge in [-0.15, -0.1) is 0 Å². The topological polar surface area (TPSA) is 130 Å². The second-order valence-electron chi connectivity index (χ2n) is 4.62. The van der Waals surface area contributed by atoms with Gasteiger partial charge in [0.25, 0.3) is 5.91 Å². The van der Waals surface area contributed by atoms with Gasteiger partial charge >= 0.3 is 11.9 Å². The number of nitrogens with one attached hydrogen (secondary N) is 1. The molecule has 0 saturated heterocycles. The molecule has 20 heavy (non-hydrogen) atoms. The van der Waals surface area contributed by atoms with Crippen molar-refractivity contribution >= 4 is 17.8 Å². The minimum atomic E-state index is -1.51. The molecule has 1 rings (SSSR count). The summed E-state index contributed by atoms with van der Waals surface area (Å²) in [4.78, 5) is 33.6. The van der Waals surface area contributed by atoms with E-state index in [0.29, 0.717) is 11.5 Å². The van der Waals surface area contributed by atoms with Crippen molar-refractivity contribution in [3.05, 3.63) is 17.0 Å². The molecule has 8 heteroatoms. The van der Waals surface area contributed by atoms with Crippen molar-refractivity contribution in [1.82, 2.24) is 10.5 Å². The van der Waals surface area contributed by atoms with Crippen LogP contribution in [0, 0.1) is 6.92 Å². The van der Waals surface area contributed by atoms with Gasteiger partial charge in [0.05, 0.1) is 12.1 Å². The Morgan fingerprint density at radius 1 is 1.30 bits per heavy atom. The van der Waals surface area contributed by atoms with Gasteiger partial charge in [0, 0.05) is 5.92 Å². The molecule has 1 amide bonds. The molecule has 1 atom stereocenters. The molecule has 0 aliphatic carbocycles. The van der Waals surface area contributed by atoms with Crippen molar-refractivity contribution in [2.75, 3.05) is 0 Å². The Morgan fingerprint density at radius 3 is 2.35 bits per heavy atom. The van der Waals surface area contributed by atoms with Gasteiger partial charge in [0.2, 0.25) is 0 Å². The molecule has 1 aromatic rings. The van der Waals surface area contributed by atoms with Crippen LogP contribution in [0.4, 0.5) is 0 Å². The van der Waals surface area contributed by atoms with Gasteiger partial charge in [-0.05, 0) is 6.92 Å². The van der Waals surface area contributed by atoms with E-state index >= 15 is 0 Å². The molecule has 110 valence electrons. The minimum absolute atomic E-state index is 0.111. The van der Waals surface area contributed by atoms with E-state index < -0.39 is 30.3 Å². The SMILES string of the molecule is Cc1noc(C(C)C)c1C(=O)N[C@@H](CC(=O)O)C(=O)O. The predicted molar refractivity (Wildman–Crippen MR) is 66.5 cm³/mol. The van der Waals surface area contributed by atoms with Crippen LogP contribution in [-0.2, 0) is 9.59 Å². The Hall–Kier alpha value is -2.38. The van der Waals surface area contributed by atoms with E-state index in [9.17, 15) is 14.4 Å². The molecule has 0 aromatic carbocycles. The summed E-state index contributed by atoms with van der Waals surface area (Å²) >= 11 is 0. The number of aromatic nitrogens is 1. The highest BCUT2D eigenvalue weighted by molar-refractivity contribution is 5.99. The lowest BCUT2D eigenvalue weighted by molar-refractivity contribution is -0.145. The van der Waals surface area contributed by atoms with E-state index in [4.69, 9.17) is 14.7 Å². The van der Waals surface area contributed by atoms with Crippen LogP contribution in [0.3, 0.4) is 0 Å². The number of nitrogens with zero attached hydrogens (tertiary/aromatic N) is 1. The maximum atomic E-state index is 12.1. The number of hydrogen-bond donors (Lipinski definition) is 3. The largest absolute Gasteiger partial charge is 0.481 e. The van der Waals surface area contributed by atoms with E-state index in [1.807, 2.05) is 0 Å². The van der Waals surface area contributed by atoms with Crippen LogP contribution < -0.4 is 5.32 Å². The molecule has 0 bridgehead atoms. The number of hydrogen-bond acceptors (Lipinski definition) is 5. The number of aryl methyl sites for hydroxylation is 1. The summed E-state index contributed by atoms with van der Waals surface area (Å²) in [5, 5.41) is 23.4. The first-order valence-corrected chi connectivity index (χ1v) is 5.95. The minimum Gasteiger partial charge on any atom is -0.481 e. The molecule has 0 radical (unpaired) electrons. The lowest BCUT2D eigenvalue weighted by Gasteiger charge is -2.12. The highest BCUT2D eigenvalue weighted by Crippen LogP contribution is 2.22. The number of carbonyl (C=O) groups is 3. The molecule has 8 nitrogen and oxygen atoms in total. The Kier molecular flexibility index (Phi) is 4.84. The number of rotatable bonds is 6. The lowest BCUT2D eigenvalue weighted by Crippen LogP contribution is -2.42. The van der Waals surface area contributed by atoms with Gasteiger partial charge in [-0.2, -0.15) is 0 Å².